The molecule has 2 nitrogen and oxygen atoms in total. The zero-order chi connectivity index (χ0) is 12.5. The molecule has 1 heterocycles. The molecule has 0 amide bonds. The number of nitrogens with one attached hydrogen (secondary N) is 1. The van der Waals surface area contributed by atoms with Gasteiger partial charge in [-0.2, -0.15) is 5.26 Å². The number of aromatic amines is 1. The molecule has 18 heavy (non-hydrogen) atoms. The largest absolute Gasteiger partial charge is 0.354 e. The van der Waals surface area contributed by atoms with Crippen molar-refractivity contribution >= 4 is 26.8 Å². The fourth-order valence-electron chi connectivity index (χ4n) is 2.02. The number of hydrogen-bond donors (Lipinski definition) is 1. The van der Waals surface area contributed by atoms with Gasteiger partial charge in [-0.1, -0.05) is 40.2 Å². The van der Waals surface area contributed by atoms with Gasteiger partial charge in [-0.3, -0.25) is 0 Å². The Morgan fingerprint density at radius 2 is 1.89 bits per heavy atom. The number of rotatable bonds is 1. The standard InChI is InChI=1S/C15H9BrN2/c16-13-4-2-1-3-12(13)15-8-11-6-5-10(9-17)7-14(11)18-15/h1-8,18H. The highest BCUT2D eigenvalue weighted by molar-refractivity contribution is 9.10. The summed E-state index contributed by atoms with van der Waals surface area (Å²) in [6.45, 7) is 0. The SMILES string of the molecule is N#Cc1ccc2cc(-c3ccccc3Br)[nH]c2c1. The van der Waals surface area contributed by atoms with E-state index >= 15 is 0 Å². The highest BCUT2D eigenvalue weighted by atomic mass is 79.9. The van der Waals surface area contributed by atoms with Crippen LogP contribution in [0.25, 0.3) is 22.2 Å². The van der Waals surface area contributed by atoms with Crippen LogP contribution in [-0.4, -0.2) is 4.98 Å². The normalized spacial score (nSPS) is 10.4. The third-order valence-electron chi connectivity index (χ3n) is 2.92. The van der Waals surface area contributed by atoms with Crippen molar-refractivity contribution in [1.82, 2.24) is 4.98 Å². The van der Waals surface area contributed by atoms with Crippen molar-refractivity contribution in [3.63, 3.8) is 0 Å². The minimum atomic E-state index is 0.669. The maximum atomic E-state index is 8.89. The van der Waals surface area contributed by atoms with Crippen LogP contribution >= 0.6 is 15.9 Å². The number of benzene rings is 2. The molecule has 0 aliphatic rings. The van der Waals surface area contributed by atoms with Gasteiger partial charge in [0.25, 0.3) is 0 Å². The predicted octanol–water partition coefficient (Wildman–Crippen LogP) is 4.47. The molecule has 0 fully saturated rings. The van der Waals surface area contributed by atoms with E-state index in [4.69, 9.17) is 5.26 Å². The highest BCUT2D eigenvalue weighted by Gasteiger charge is 2.06. The van der Waals surface area contributed by atoms with Gasteiger partial charge >= 0.3 is 0 Å². The second kappa shape index (κ2) is 4.32. The molecule has 0 saturated heterocycles. The Hall–Kier alpha value is -2.05. The van der Waals surface area contributed by atoms with Crippen LogP contribution in [-0.2, 0) is 0 Å². The Bertz CT molecular complexity index is 766. The summed E-state index contributed by atoms with van der Waals surface area (Å²) < 4.78 is 1.05. The summed E-state index contributed by atoms with van der Waals surface area (Å²) in [6.07, 6.45) is 0. The molecule has 3 aromatic rings. The zero-order valence-corrected chi connectivity index (χ0v) is 11.0. The van der Waals surface area contributed by atoms with Gasteiger partial charge in [0, 0.05) is 26.6 Å². The van der Waals surface area contributed by atoms with Crippen LogP contribution < -0.4 is 0 Å². The van der Waals surface area contributed by atoms with E-state index in [1.165, 1.54) is 0 Å². The quantitative estimate of drug-likeness (QED) is 0.707. The fraction of sp³-hybridized carbons (Fsp3) is 0. The molecule has 3 rings (SSSR count). The number of H-pyrrole nitrogens is 1. The lowest BCUT2D eigenvalue weighted by molar-refractivity contribution is 1.43. The average molecular weight is 297 g/mol. The molecule has 0 bridgehead atoms. The summed E-state index contributed by atoms with van der Waals surface area (Å²) in [4.78, 5) is 3.35. The molecule has 1 aromatic heterocycles. The Morgan fingerprint density at radius 3 is 2.67 bits per heavy atom. The Balaban J connectivity index is 2.20. The first-order valence-electron chi connectivity index (χ1n) is 5.56. The number of hydrogen-bond acceptors (Lipinski definition) is 1. The maximum absolute atomic E-state index is 8.89. The van der Waals surface area contributed by atoms with Crippen molar-refractivity contribution in [2.24, 2.45) is 0 Å². The van der Waals surface area contributed by atoms with Gasteiger partial charge < -0.3 is 4.98 Å². The summed E-state index contributed by atoms with van der Waals surface area (Å²) in [5.41, 5.74) is 3.82. The summed E-state index contributed by atoms with van der Waals surface area (Å²) in [6, 6.07) is 18.0. The number of nitriles is 1. The van der Waals surface area contributed by atoms with E-state index in [0.717, 1.165) is 26.6 Å². The van der Waals surface area contributed by atoms with E-state index in [0.29, 0.717) is 5.56 Å². The van der Waals surface area contributed by atoms with Gasteiger partial charge in [-0.05, 0) is 24.3 Å². The number of fused-ring (bicyclic) bond motifs is 1. The lowest BCUT2D eigenvalue weighted by Gasteiger charge is -2.00. The van der Waals surface area contributed by atoms with Crippen LogP contribution in [0.4, 0.5) is 0 Å². The Morgan fingerprint density at radius 1 is 1.06 bits per heavy atom. The molecule has 0 atom stereocenters. The first kappa shape index (κ1) is 11.1. The summed E-state index contributed by atoms with van der Waals surface area (Å²) in [5, 5.41) is 10.0. The van der Waals surface area contributed by atoms with Crippen LogP contribution in [0.1, 0.15) is 5.56 Å². The first-order chi connectivity index (χ1) is 8.78. The van der Waals surface area contributed by atoms with Crippen molar-refractivity contribution < 1.29 is 0 Å². The minimum Gasteiger partial charge on any atom is -0.354 e. The Labute approximate surface area is 113 Å². The lowest BCUT2D eigenvalue weighted by Crippen LogP contribution is -1.78. The molecular weight excluding hydrogens is 288 g/mol. The predicted molar refractivity (Wildman–Crippen MR) is 76.1 cm³/mol. The third-order valence-corrected chi connectivity index (χ3v) is 3.61. The van der Waals surface area contributed by atoms with Gasteiger partial charge in [-0.25, -0.2) is 0 Å². The van der Waals surface area contributed by atoms with Crippen molar-refractivity contribution in [3.8, 4) is 17.3 Å². The van der Waals surface area contributed by atoms with Crippen LogP contribution in [0.5, 0.6) is 0 Å². The smallest absolute Gasteiger partial charge is 0.0992 e. The van der Waals surface area contributed by atoms with E-state index in [1.54, 1.807) is 0 Å². The number of aromatic nitrogens is 1. The highest BCUT2D eigenvalue weighted by Crippen LogP contribution is 2.30. The molecule has 0 spiro atoms. The van der Waals surface area contributed by atoms with Crippen molar-refractivity contribution in [2.75, 3.05) is 0 Å². The van der Waals surface area contributed by atoms with Crippen LogP contribution in [0.15, 0.2) is 53.0 Å². The molecule has 0 saturated carbocycles. The number of nitrogens with zero attached hydrogens (tertiary/aromatic N) is 1. The molecule has 0 aliphatic heterocycles. The molecule has 0 unspecified atom stereocenters. The monoisotopic (exact) mass is 296 g/mol. The molecule has 3 heteroatoms. The van der Waals surface area contributed by atoms with E-state index in [-0.39, 0.29) is 0 Å². The fourth-order valence-corrected chi connectivity index (χ4v) is 2.52. The average Bonchev–Trinajstić information content (AvgIpc) is 2.81. The van der Waals surface area contributed by atoms with Crippen LogP contribution in [0, 0.1) is 11.3 Å². The summed E-state index contributed by atoms with van der Waals surface area (Å²) in [5.74, 6) is 0. The zero-order valence-electron chi connectivity index (χ0n) is 9.44. The molecule has 0 aliphatic carbocycles. The van der Waals surface area contributed by atoms with Crippen molar-refractivity contribution in [3.05, 3.63) is 58.6 Å². The van der Waals surface area contributed by atoms with Crippen molar-refractivity contribution in [2.45, 2.75) is 0 Å². The molecule has 0 radical (unpaired) electrons. The molecule has 1 N–H and O–H groups in total. The van der Waals surface area contributed by atoms with Gasteiger partial charge in [0.2, 0.25) is 0 Å². The van der Waals surface area contributed by atoms with E-state index in [9.17, 15) is 0 Å². The van der Waals surface area contributed by atoms with E-state index in [1.807, 2.05) is 36.4 Å². The van der Waals surface area contributed by atoms with Gasteiger partial charge in [0.15, 0.2) is 0 Å². The van der Waals surface area contributed by atoms with Crippen LogP contribution in [0.3, 0.4) is 0 Å². The maximum Gasteiger partial charge on any atom is 0.0992 e. The second-order valence-electron chi connectivity index (χ2n) is 4.08. The third kappa shape index (κ3) is 1.81. The van der Waals surface area contributed by atoms with E-state index in [2.05, 4.69) is 39.1 Å². The Kier molecular flexibility index (Phi) is 2.66. The van der Waals surface area contributed by atoms with Gasteiger partial charge in [0.1, 0.15) is 0 Å². The lowest BCUT2D eigenvalue weighted by atomic mass is 10.1. The molecule has 86 valence electrons. The summed E-state index contributed by atoms with van der Waals surface area (Å²) in [7, 11) is 0. The number of halogens is 1. The van der Waals surface area contributed by atoms with Crippen LogP contribution in [0.2, 0.25) is 0 Å². The van der Waals surface area contributed by atoms with E-state index < -0.39 is 0 Å². The minimum absolute atomic E-state index is 0.669. The van der Waals surface area contributed by atoms with Gasteiger partial charge in [-0.15, -0.1) is 0 Å². The van der Waals surface area contributed by atoms with Crippen molar-refractivity contribution in [1.29, 1.82) is 5.26 Å². The second-order valence-corrected chi connectivity index (χ2v) is 4.93. The summed E-state index contributed by atoms with van der Waals surface area (Å²) >= 11 is 3.55. The van der Waals surface area contributed by atoms with Gasteiger partial charge in [0.05, 0.1) is 11.6 Å². The topological polar surface area (TPSA) is 39.6 Å². The molecular formula is C15H9BrN2. The first-order valence-corrected chi connectivity index (χ1v) is 6.35. The molecule has 2 aromatic carbocycles.